The Morgan fingerprint density at radius 3 is 2.57 bits per heavy atom. The van der Waals surface area contributed by atoms with Crippen LogP contribution in [0.1, 0.15) is 13.8 Å². The van der Waals surface area contributed by atoms with Crippen molar-refractivity contribution >= 4 is 17.3 Å². The molecule has 0 aromatic heterocycles. The van der Waals surface area contributed by atoms with E-state index in [2.05, 4.69) is 5.32 Å². The normalized spacial score (nSPS) is 10.4. The van der Waals surface area contributed by atoms with Gasteiger partial charge in [-0.3, -0.25) is 0 Å². The maximum Gasteiger partial charge on any atom is 0.181 e. The lowest BCUT2D eigenvalue weighted by molar-refractivity contribution is 0.374. The molecule has 4 heteroatoms. The van der Waals surface area contributed by atoms with Crippen LogP contribution in [0.25, 0.3) is 0 Å². The van der Waals surface area contributed by atoms with Crippen LogP contribution in [-0.2, 0) is 0 Å². The Kier molecular flexibility index (Phi) is 3.47. The molecule has 0 aliphatic rings. The van der Waals surface area contributed by atoms with Gasteiger partial charge in [0.25, 0.3) is 0 Å². The fourth-order valence-corrected chi connectivity index (χ4v) is 1.36. The Hall–Kier alpha value is -1.09. The summed E-state index contributed by atoms with van der Waals surface area (Å²) in [5, 5.41) is 13.3. The monoisotopic (exact) mass is 215 g/mol. The van der Waals surface area contributed by atoms with Crippen LogP contribution in [0.4, 0.5) is 5.69 Å². The molecule has 78 valence electrons. The maximum atomic E-state index is 9.72. The Morgan fingerprint density at radius 1 is 1.43 bits per heavy atom. The summed E-state index contributed by atoms with van der Waals surface area (Å²) < 4.78 is 4.97. The number of hydrogen-bond acceptors (Lipinski definition) is 3. The SMILES string of the molecule is COc1cc(Cl)cc(NC(C)C)c1O. The molecule has 1 aromatic carbocycles. The summed E-state index contributed by atoms with van der Waals surface area (Å²) in [6.07, 6.45) is 0. The molecular formula is C10H14ClNO2. The molecule has 0 saturated heterocycles. The number of phenolic OH excluding ortho intramolecular Hbond substituents is 1. The number of rotatable bonds is 3. The van der Waals surface area contributed by atoms with E-state index in [9.17, 15) is 5.11 Å². The summed E-state index contributed by atoms with van der Waals surface area (Å²) in [6, 6.07) is 3.46. The predicted molar refractivity (Wildman–Crippen MR) is 58.4 cm³/mol. The molecule has 0 saturated carbocycles. The van der Waals surface area contributed by atoms with E-state index in [1.165, 1.54) is 7.11 Å². The van der Waals surface area contributed by atoms with Crippen molar-refractivity contribution in [2.75, 3.05) is 12.4 Å². The molecule has 0 atom stereocenters. The number of benzene rings is 1. The Labute approximate surface area is 88.7 Å². The zero-order valence-corrected chi connectivity index (χ0v) is 9.22. The minimum Gasteiger partial charge on any atom is -0.503 e. The van der Waals surface area contributed by atoms with Crippen molar-refractivity contribution in [1.82, 2.24) is 0 Å². The Morgan fingerprint density at radius 2 is 2.07 bits per heavy atom. The van der Waals surface area contributed by atoms with Gasteiger partial charge in [-0.2, -0.15) is 0 Å². The largest absolute Gasteiger partial charge is 0.503 e. The fraction of sp³-hybridized carbons (Fsp3) is 0.400. The minimum atomic E-state index is 0.0885. The highest BCUT2D eigenvalue weighted by Gasteiger charge is 2.10. The van der Waals surface area contributed by atoms with E-state index in [1.807, 2.05) is 13.8 Å². The smallest absolute Gasteiger partial charge is 0.181 e. The van der Waals surface area contributed by atoms with Gasteiger partial charge in [-0.25, -0.2) is 0 Å². The van der Waals surface area contributed by atoms with Gasteiger partial charge < -0.3 is 15.2 Å². The molecule has 0 unspecified atom stereocenters. The highest BCUT2D eigenvalue weighted by Crippen LogP contribution is 2.37. The highest BCUT2D eigenvalue weighted by atomic mass is 35.5. The van der Waals surface area contributed by atoms with Crippen LogP contribution in [0.5, 0.6) is 11.5 Å². The van der Waals surface area contributed by atoms with Gasteiger partial charge in [0.2, 0.25) is 0 Å². The molecule has 0 radical (unpaired) electrons. The van der Waals surface area contributed by atoms with Gasteiger partial charge in [-0.15, -0.1) is 0 Å². The molecule has 1 rings (SSSR count). The summed E-state index contributed by atoms with van der Waals surface area (Å²) >= 11 is 5.85. The highest BCUT2D eigenvalue weighted by molar-refractivity contribution is 6.31. The number of nitrogens with one attached hydrogen (secondary N) is 1. The molecule has 0 amide bonds. The van der Waals surface area contributed by atoms with Crippen molar-refractivity contribution in [3.8, 4) is 11.5 Å². The number of hydrogen-bond donors (Lipinski definition) is 2. The van der Waals surface area contributed by atoms with E-state index < -0.39 is 0 Å². The molecule has 0 bridgehead atoms. The van der Waals surface area contributed by atoms with E-state index in [0.29, 0.717) is 16.5 Å². The van der Waals surface area contributed by atoms with Crippen molar-refractivity contribution < 1.29 is 9.84 Å². The van der Waals surface area contributed by atoms with Crippen LogP contribution in [0.3, 0.4) is 0 Å². The number of phenols is 1. The van der Waals surface area contributed by atoms with Gasteiger partial charge in [0.15, 0.2) is 11.5 Å². The molecule has 2 N–H and O–H groups in total. The van der Waals surface area contributed by atoms with Crippen LogP contribution in [0.15, 0.2) is 12.1 Å². The number of halogens is 1. The predicted octanol–water partition coefficient (Wildman–Crippen LogP) is 2.87. The quantitative estimate of drug-likeness (QED) is 0.762. The zero-order chi connectivity index (χ0) is 10.7. The lowest BCUT2D eigenvalue weighted by atomic mass is 10.2. The standard InChI is InChI=1S/C10H14ClNO2/c1-6(2)12-8-4-7(11)5-9(14-3)10(8)13/h4-6,12-13H,1-3H3. The summed E-state index contributed by atoms with van der Waals surface area (Å²) in [6.45, 7) is 3.96. The van der Waals surface area contributed by atoms with E-state index in [4.69, 9.17) is 16.3 Å². The van der Waals surface area contributed by atoms with Crippen LogP contribution in [-0.4, -0.2) is 18.3 Å². The number of aromatic hydroxyl groups is 1. The molecular weight excluding hydrogens is 202 g/mol. The molecule has 3 nitrogen and oxygen atoms in total. The molecule has 0 heterocycles. The molecule has 0 aliphatic carbocycles. The lowest BCUT2D eigenvalue weighted by Crippen LogP contribution is -2.09. The molecule has 14 heavy (non-hydrogen) atoms. The van der Waals surface area contributed by atoms with Gasteiger partial charge in [-0.05, 0) is 19.9 Å². The van der Waals surface area contributed by atoms with Crippen molar-refractivity contribution in [3.05, 3.63) is 17.2 Å². The second kappa shape index (κ2) is 4.42. The van der Waals surface area contributed by atoms with Crippen molar-refractivity contribution in [3.63, 3.8) is 0 Å². The van der Waals surface area contributed by atoms with Gasteiger partial charge in [-0.1, -0.05) is 11.6 Å². The topological polar surface area (TPSA) is 41.5 Å². The summed E-state index contributed by atoms with van der Waals surface area (Å²) in [4.78, 5) is 0. The first-order chi connectivity index (χ1) is 6.54. The van der Waals surface area contributed by atoms with Crippen LogP contribution in [0, 0.1) is 0 Å². The van der Waals surface area contributed by atoms with E-state index in [1.54, 1.807) is 12.1 Å². The summed E-state index contributed by atoms with van der Waals surface area (Å²) in [5.41, 5.74) is 0.587. The Balaban J connectivity index is 3.08. The molecule has 1 aromatic rings. The second-order valence-corrected chi connectivity index (χ2v) is 3.74. The third-order valence-electron chi connectivity index (χ3n) is 1.70. The molecule has 0 spiro atoms. The number of ether oxygens (including phenoxy) is 1. The summed E-state index contributed by atoms with van der Waals surface area (Å²) in [5.74, 6) is 0.464. The van der Waals surface area contributed by atoms with Crippen LogP contribution in [0.2, 0.25) is 5.02 Å². The van der Waals surface area contributed by atoms with Crippen LogP contribution >= 0.6 is 11.6 Å². The van der Waals surface area contributed by atoms with E-state index >= 15 is 0 Å². The Bertz CT molecular complexity index is 326. The number of methoxy groups -OCH3 is 1. The first-order valence-electron chi connectivity index (χ1n) is 4.37. The van der Waals surface area contributed by atoms with Crippen molar-refractivity contribution in [2.45, 2.75) is 19.9 Å². The average Bonchev–Trinajstić information content (AvgIpc) is 2.09. The van der Waals surface area contributed by atoms with Gasteiger partial charge in [0.1, 0.15) is 0 Å². The zero-order valence-electron chi connectivity index (χ0n) is 8.47. The maximum absolute atomic E-state index is 9.72. The van der Waals surface area contributed by atoms with Crippen molar-refractivity contribution in [2.24, 2.45) is 0 Å². The minimum absolute atomic E-state index is 0.0885. The van der Waals surface area contributed by atoms with Gasteiger partial charge in [0.05, 0.1) is 12.8 Å². The first-order valence-corrected chi connectivity index (χ1v) is 4.75. The third-order valence-corrected chi connectivity index (χ3v) is 1.92. The average molecular weight is 216 g/mol. The summed E-state index contributed by atoms with van der Waals surface area (Å²) in [7, 11) is 1.49. The van der Waals surface area contributed by atoms with Gasteiger partial charge >= 0.3 is 0 Å². The second-order valence-electron chi connectivity index (χ2n) is 3.30. The molecule has 0 fully saturated rings. The lowest BCUT2D eigenvalue weighted by Gasteiger charge is -2.14. The van der Waals surface area contributed by atoms with E-state index in [-0.39, 0.29) is 11.8 Å². The number of anilines is 1. The van der Waals surface area contributed by atoms with E-state index in [0.717, 1.165) is 0 Å². The third kappa shape index (κ3) is 2.45. The van der Waals surface area contributed by atoms with Crippen molar-refractivity contribution in [1.29, 1.82) is 0 Å². The van der Waals surface area contributed by atoms with Crippen LogP contribution < -0.4 is 10.1 Å². The first kappa shape index (κ1) is 11.0. The fourth-order valence-electron chi connectivity index (χ4n) is 1.15. The van der Waals surface area contributed by atoms with Gasteiger partial charge in [0, 0.05) is 17.1 Å². The molecule has 0 aliphatic heterocycles.